The number of carbonyl (C=O) groups excluding carboxylic acids is 1. The Morgan fingerprint density at radius 3 is 3.06 bits per heavy atom. The summed E-state index contributed by atoms with van der Waals surface area (Å²) in [6.07, 6.45) is 2.51. The highest BCUT2D eigenvalue weighted by Gasteiger charge is 2.01. The van der Waals surface area contributed by atoms with E-state index < -0.39 is 0 Å². The van der Waals surface area contributed by atoms with Crippen molar-refractivity contribution in [2.75, 3.05) is 6.61 Å². The number of nitrogens with zero attached hydrogens (tertiary/aromatic N) is 1. The number of thiazole rings is 1. The number of benzene rings is 1. The van der Waals surface area contributed by atoms with Crippen molar-refractivity contribution in [2.24, 2.45) is 0 Å². The highest BCUT2D eigenvalue weighted by Crippen LogP contribution is 2.15. The number of aromatic nitrogens is 1. The SMILES string of the molecule is CCc1cccc(OCCc2nc(C=O)cs2)c1. The van der Waals surface area contributed by atoms with Crippen molar-refractivity contribution >= 4 is 17.6 Å². The Kier molecular flexibility index (Phi) is 4.47. The van der Waals surface area contributed by atoms with E-state index >= 15 is 0 Å². The van der Waals surface area contributed by atoms with Crippen LogP contribution in [0.2, 0.25) is 0 Å². The first-order valence-electron chi connectivity index (χ1n) is 5.93. The van der Waals surface area contributed by atoms with E-state index in [-0.39, 0.29) is 0 Å². The summed E-state index contributed by atoms with van der Waals surface area (Å²) >= 11 is 1.49. The molecule has 0 unspecified atom stereocenters. The van der Waals surface area contributed by atoms with Gasteiger partial charge < -0.3 is 4.74 Å². The van der Waals surface area contributed by atoms with Gasteiger partial charge in [0.1, 0.15) is 11.4 Å². The zero-order valence-corrected chi connectivity index (χ0v) is 11.1. The van der Waals surface area contributed by atoms with Gasteiger partial charge in [-0.3, -0.25) is 4.79 Å². The smallest absolute Gasteiger partial charge is 0.169 e. The van der Waals surface area contributed by atoms with Gasteiger partial charge in [0.25, 0.3) is 0 Å². The maximum absolute atomic E-state index is 10.5. The highest BCUT2D eigenvalue weighted by molar-refractivity contribution is 7.09. The summed E-state index contributed by atoms with van der Waals surface area (Å²) in [7, 11) is 0. The van der Waals surface area contributed by atoms with Crippen LogP contribution in [-0.2, 0) is 12.8 Å². The van der Waals surface area contributed by atoms with Crippen LogP contribution >= 0.6 is 11.3 Å². The van der Waals surface area contributed by atoms with Crippen LogP contribution in [0.25, 0.3) is 0 Å². The molecule has 0 aliphatic rings. The number of aldehydes is 1. The molecule has 0 bridgehead atoms. The molecule has 0 spiro atoms. The predicted molar refractivity (Wildman–Crippen MR) is 72.5 cm³/mol. The molecule has 1 aromatic carbocycles. The number of ether oxygens (including phenoxy) is 1. The number of hydrogen-bond acceptors (Lipinski definition) is 4. The molecule has 0 aliphatic carbocycles. The second-order valence-electron chi connectivity index (χ2n) is 3.88. The molecule has 2 rings (SSSR count). The van der Waals surface area contributed by atoms with Gasteiger partial charge in [-0.05, 0) is 24.1 Å². The molecule has 0 amide bonds. The van der Waals surface area contributed by atoms with Gasteiger partial charge in [0.15, 0.2) is 6.29 Å². The normalized spacial score (nSPS) is 10.3. The van der Waals surface area contributed by atoms with E-state index in [2.05, 4.69) is 24.0 Å². The number of carbonyl (C=O) groups is 1. The summed E-state index contributed by atoms with van der Waals surface area (Å²) in [6, 6.07) is 8.10. The van der Waals surface area contributed by atoms with Crippen molar-refractivity contribution in [3.05, 3.63) is 45.9 Å². The summed E-state index contributed by atoms with van der Waals surface area (Å²) in [5.74, 6) is 0.890. The average Bonchev–Trinajstić information content (AvgIpc) is 2.87. The molecule has 0 radical (unpaired) electrons. The number of hydrogen-bond donors (Lipinski definition) is 0. The second-order valence-corrected chi connectivity index (χ2v) is 4.83. The Hall–Kier alpha value is -1.68. The zero-order valence-electron chi connectivity index (χ0n) is 10.3. The third-order valence-electron chi connectivity index (χ3n) is 2.58. The molecule has 0 atom stereocenters. The van der Waals surface area contributed by atoms with Gasteiger partial charge in [-0.15, -0.1) is 11.3 Å². The Morgan fingerprint density at radius 1 is 1.44 bits per heavy atom. The van der Waals surface area contributed by atoms with E-state index in [1.54, 1.807) is 5.38 Å². The fourth-order valence-corrected chi connectivity index (χ4v) is 2.33. The lowest BCUT2D eigenvalue weighted by Crippen LogP contribution is -2.01. The largest absolute Gasteiger partial charge is 0.493 e. The lowest BCUT2D eigenvalue weighted by Gasteiger charge is -2.06. The molecule has 0 aliphatic heterocycles. The molecular weight excluding hydrogens is 246 g/mol. The van der Waals surface area contributed by atoms with E-state index in [9.17, 15) is 4.79 Å². The van der Waals surface area contributed by atoms with Crippen molar-refractivity contribution in [3.8, 4) is 5.75 Å². The maximum Gasteiger partial charge on any atom is 0.169 e. The van der Waals surface area contributed by atoms with Crippen molar-refractivity contribution in [2.45, 2.75) is 19.8 Å². The van der Waals surface area contributed by atoms with E-state index in [1.807, 2.05) is 12.1 Å². The van der Waals surface area contributed by atoms with Crippen molar-refractivity contribution < 1.29 is 9.53 Å². The standard InChI is InChI=1S/C14H15NO2S/c1-2-11-4-3-5-13(8-11)17-7-6-14-15-12(9-16)10-18-14/h3-5,8-10H,2,6-7H2,1H3. The molecule has 18 heavy (non-hydrogen) atoms. The Labute approximate surface area is 110 Å². The van der Waals surface area contributed by atoms with Crippen molar-refractivity contribution in [1.82, 2.24) is 4.98 Å². The second kappa shape index (κ2) is 6.31. The van der Waals surface area contributed by atoms with Crippen LogP contribution in [0.1, 0.15) is 28.0 Å². The van der Waals surface area contributed by atoms with Crippen LogP contribution in [-0.4, -0.2) is 17.9 Å². The van der Waals surface area contributed by atoms with E-state index in [0.717, 1.165) is 29.9 Å². The molecule has 0 fully saturated rings. The fourth-order valence-electron chi connectivity index (χ4n) is 1.61. The first-order valence-corrected chi connectivity index (χ1v) is 6.81. The summed E-state index contributed by atoms with van der Waals surface area (Å²) < 4.78 is 5.67. The molecule has 1 heterocycles. The molecule has 0 saturated carbocycles. The third-order valence-corrected chi connectivity index (χ3v) is 3.51. The minimum atomic E-state index is 0.503. The zero-order chi connectivity index (χ0) is 12.8. The van der Waals surface area contributed by atoms with Crippen molar-refractivity contribution in [1.29, 1.82) is 0 Å². The van der Waals surface area contributed by atoms with Gasteiger partial charge in [-0.1, -0.05) is 19.1 Å². The molecule has 0 N–H and O–H groups in total. The summed E-state index contributed by atoms with van der Waals surface area (Å²) in [6.45, 7) is 2.70. The molecule has 4 heteroatoms. The summed E-state index contributed by atoms with van der Waals surface area (Å²) in [4.78, 5) is 14.7. The summed E-state index contributed by atoms with van der Waals surface area (Å²) in [5, 5.41) is 2.70. The number of rotatable bonds is 6. The fraction of sp³-hybridized carbons (Fsp3) is 0.286. The Balaban J connectivity index is 1.85. The van der Waals surface area contributed by atoms with Gasteiger partial charge in [0, 0.05) is 11.8 Å². The quantitative estimate of drug-likeness (QED) is 0.750. The van der Waals surface area contributed by atoms with Crippen LogP contribution < -0.4 is 4.74 Å². The maximum atomic E-state index is 10.5. The van der Waals surface area contributed by atoms with Crippen LogP contribution in [0, 0.1) is 0 Å². The van der Waals surface area contributed by atoms with E-state index in [4.69, 9.17) is 4.74 Å². The molecule has 0 saturated heterocycles. The van der Waals surface area contributed by atoms with Crippen LogP contribution in [0.15, 0.2) is 29.6 Å². The van der Waals surface area contributed by atoms with Gasteiger partial charge in [-0.2, -0.15) is 0 Å². The molecule has 94 valence electrons. The van der Waals surface area contributed by atoms with E-state index in [0.29, 0.717) is 12.3 Å². The van der Waals surface area contributed by atoms with Crippen molar-refractivity contribution in [3.63, 3.8) is 0 Å². The minimum absolute atomic E-state index is 0.503. The molecular formula is C14H15NO2S. The van der Waals surface area contributed by atoms with Gasteiger partial charge in [-0.25, -0.2) is 4.98 Å². The minimum Gasteiger partial charge on any atom is -0.493 e. The Bertz CT molecular complexity index is 522. The summed E-state index contributed by atoms with van der Waals surface area (Å²) in [5.41, 5.74) is 1.77. The van der Waals surface area contributed by atoms with Gasteiger partial charge >= 0.3 is 0 Å². The molecule has 2 aromatic rings. The monoisotopic (exact) mass is 261 g/mol. The van der Waals surface area contributed by atoms with Crippen LogP contribution in [0.5, 0.6) is 5.75 Å². The lowest BCUT2D eigenvalue weighted by atomic mass is 10.2. The predicted octanol–water partition coefficient (Wildman–Crippen LogP) is 3.14. The first kappa shape index (κ1) is 12.8. The number of aryl methyl sites for hydroxylation is 1. The van der Waals surface area contributed by atoms with E-state index in [1.165, 1.54) is 16.9 Å². The van der Waals surface area contributed by atoms with Gasteiger partial charge in [0.05, 0.1) is 11.6 Å². The lowest BCUT2D eigenvalue weighted by molar-refractivity contribution is 0.111. The van der Waals surface area contributed by atoms with Crippen LogP contribution in [0.3, 0.4) is 0 Å². The van der Waals surface area contributed by atoms with Gasteiger partial charge in [0.2, 0.25) is 0 Å². The van der Waals surface area contributed by atoms with Crippen LogP contribution in [0.4, 0.5) is 0 Å². The third kappa shape index (κ3) is 3.40. The Morgan fingerprint density at radius 2 is 2.33 bits per heavy atom. The topological polar surface area (TPSA) is 39.2 Å². The highest BCUT2D eigenvalue weighted by atomic mass is 32.1. The average molecular weight is 261 g/mol. The molecule has 3 nitrogen and oxygen atoms in total. The first-order chi connectivity index (χ1) is 8.81. The molecule has 1 aromatic heterocycles.